The van der Waals surface area contributed by atoms with Crippen LogP contribution in [0.25, 0.3) is 0 Å². The number of nitrogen functional groups attached to an aromatic ring is 1. The van der Waals surface area contributed by atoms with Crippen molar-refractivity contribution in [3.63, 3.8) is 0 Å². The number of halogens is 4. The molecule has 2 rings (SSSR count). The fourth-order valence-electron chi connectivity index (χ4n) is 1.58. The number of H-pyrrole nitrogens is 1. The van der Waals surface area contributed by atoms with Gasteiger partial charge in [-0.15, -0.1) is 0 Å². The van der Waals surface area contributed by atoms with Crippen LogP contribution in [0.5, 0.6) is 0 Å². The summed E-state index contributed by atoms with van der Waals surface area (Å²) in [4.78, 5) is 28.8. The number of aromatic amines is 1. The van der Waals surface area contributed by atoms with Crippen molar-refractivity contribution in [1.82, 2.24) is 9.97 Å². The molecule has 0 aliphatic heterocycles. The van der Waals surface area contributed by atoms with E-state index in [1.54, 1.807) is 4.98 Å². The zero-order valence-electron chi connectivity index (χ0n) is 10.7. The minimum absolute atomic E-state index is 0.0109. The third kappa shape index (κ3) is 3.55. The molecule has 0 unspecified atom stereocenters. The number of amides is 1. The molecule has 0 fully saturated rings. The molecule has 116 valence electrons. The third-order valence-electron chi connectivity index (χ3n) is 2.54. The van der Waals surface area contributed by atoms with Crippen LogP contribution in [-0.2, 0) is 6.18 Å². The number of nitrogens with zero attached hydrogens (tertiary/aromatic N) is 1. The zero-order valence-corrected chi connectivity index (χ0v) is 11.4. The van der Waals surface area contributed by atoms with E-state index < -0.39 is 23.3 Å². The molecule has 2 aromatic rings. The molecule has 6 nitrogen and oxygen atoms in total. The molecule has 10 heteroatoms. The fraction of sp³-hybridized carbons (Fsp3) is 0.0833. The van der Waals surface area contributed by atoms with Crippen LogP contribution in [0.2, 0.25) is 5.15 Å². The highest BCUT2D eigenvalue weighted by atomic mass is 35.5. The molecule has 0 spiro atoms. The van der Waals surface area contributed by atoms with Crippen molar-refractivity contribution in [2.75, 3.05) is 11.1 Å². The van der Waals surface area contributed by atoms with Crippen molar-refractivity contribution in [2.24, 2.45) is 0 Å². The standard InChI is InChI=1S/C12H8ClF3N4O2/c13-8-3-5(4-9(17)20-8)10(21)18-6-1-2-7(12(14,15)16)19-11(6)22/h1-4H,(H2,17,20)(H,18,21)(H,19,22). The lowest BCUT2D eigenvalue weighted by Crippen LogP contribution is -2.22. The minimum atomic E-state index is -4.69. The van der Waals surface area contributed by atoms with Crippen molar-refractivity contribution >= 4 is 29.0 Å². The van der Waals surface area contributed by atoms with Crippen LogP contribution in [0.1, 0.15) is 16.1 Å². The number of carbonyl (C=O) groups excluding carboxylic acids is 1. The number of anilines is 2. The van der Waals surface area contributed by atoms with Gasteiger partial charge in [0.25, 0.3) is 11.5 Å². The number of nitrogens with one attached hydrogen (secondary N) is 2. The van der Waals surface area contributed by atoms with Gasteiger partial charge in [-0.25, -0.2) is 4.98 Å². The summed E-state index contributed by atoms with van der Waals surface area (Å²) in [5.74, 6) is -0.778. The second kappa shape index (κ2) is 5.68. The average Bonchev–Trinajstić information content (AvgIpc) is 2.38. The summed E-state index contributed by atoms with van der Waals surface area (Å²) < 4.78 is 37.3. The lowest BCUT2D eigenvalue weighted by atomic mass is 10.2. The molecule has 0 saturated heterocycles. The van der Waals surface area contributed by atoms with Gasteiger partial charge in [0.2, 0.25) is 0 Å². The van der Waals surface area contributed by atoms with Gasteiger partial charge >= 0.3 is 6.18 Å². The van der Waals surface area contributed by atoms with Crippen LogP contribution in [0.4, 0.5) is 24.7 Å². The Balaban J connectivity index is 2.27. The van der Waals surface area contributed by atoms with Gasteiger partial charge in [-0.3, -0.25) is 9.59 Å². The Morgan fingerprint density at radius 2 is 2.00 bits per heavy atom. The van der Waals surface area contributed by atoms with Gasteiger partial charge in [0.1, 0.15) is 22.4 Å². The number of alkyl halides is 3. The molecule has 0 saturated carbocycles. The predicted molar refractivity (Wildman–Crippen MR) is 73.7 cm³/mol. The summed E-state index contributed by atoms with van der Waals surface area (Å²) in [5.41, 5.74) is 2.78. The quantitative estimate of drug-likeness (QED) is 0.734. The first-order valence-electron chi connectivity index (χ1n) is 5.72. The SMILES string of the molecule is Nc1cc(C(=O)Nc2ccc(C(F)(F)F)[nH]c2=O)cc(Cl)n1. The Hall–Kier alpha value is -2.55. The minimum Gasteiger partial charge on any atom is -0.384 e. The van der Waals surface area contributed by atoms with Crippen molar-refractivity contribution in [3.8, 4) is 0 Å². The van der Waals surface area contributed by atoms with Crippen LogP contribution in [0.3, 0.4) is 0 Å². The number of hydrogen-bond donors (Lipinski definition) is 3. The van der Waals surface area contributed by atoms with Gasteiger partial charge in [0, 0.05) is 5.56 Å². The number of rotatable bonds is 2. The van der Waals surface area contributed by atoms with E-state index >= 15 is 0 Å². The summed E-state index contributed by atoms with van der Waals surface area (Å²) >= 11 is 5.64. The summed E-state index contributed by atoms with van der Waals surface area (Å²) in [5, 5.41) is 2.13. The maximum absolute atomic E-state index is 12.4. The Morgan fingerprint density at radius 3 is 2.55 bits per heavy atom. The number of nitrogens with two attached hydrogens (primary N) is 1. The Labute approximate surface area is 126 Å². The number of pyridine rings is 2. The second-order valence-corrected chi connectivity index (χ2v) is 4.56. The maximum atomic E-state index is 12.4. The predicted octanol–water partition coefficient (Wildman–Crippen LogP) is 2.28. The summed E-state index contributed by atoms with van der Waals surface area (Å²) in [6.45, 7) is 0. The highest BCUT2D eigenvalue weighted by Crippen LogP contribution is 2.26. The average molecular weight is 333 g/mol. The van der Waals surface area contributed by atoms with E-state index in [0.717, 1.165) is 6.07 Å². The Morgan fingerprint density at radius 1 is 1.32 bits per heavy atom. The van der Waals surface area contributed by atoms with Crippen LogP contribution >= 0.6 is 11.6 Å². The molecule has 0 aromatic carbocycles. The summed E-state index contributed by atoms with van der Waals surface area (Å²) in [6, 6.07) is 3.90. The van der Waals surface area contributed by atoms with Gasteiger partial charge in [-0.2, -0.15) is 13.2 Å². The first-order chi connectivity index (χ1) is 10.2. The molecular weight excluding hydrogens is 325 g/mol. The first-order valence-corrected chi connectivity index (χ1v) is 6.09. The van der Waals surface area contributed by atoms with Gasteiger partial charge < -0.3 is 16.0 Å². The van der Waals surface area contributed by atoms with E-state index in [-0.39, 0.29) is 22.2 Å². The van der Waals surface area contributed by atoms with Crippen LogP contribution in [0, 0.1) is 0 Å². The van der Waals surface area contributed by atoms with Crippen molar-refractivity contribution in [2.45, 2.75) is 6.18 Å². The monoisotopic (exact) mass is 332 g/mol. The van der Waals surface area contributed by atoms with E-state index in [0.29, 0.717) is 6.07 Å². The van der Waals surface area contributed by atoms with Crippen molar-refractivity contribution in [1.29, 1.82) is 0 Å². The molecule has 22 heavy (non-hydrogen) atoms. The van der Waals surface area contributed by atoms with E-state index in [9.17, 15) is 22.8 Å². The molecule has 0 aliphatic carbocycles. The second-order valence-electron chi connectivity index (χ2n) is 4.17. The van der Waals surface area contributed by atoms with Crippen LogP contribution in [-0.4, -0.2) is 15.9 Å². The van der Waals surface area contributed by atoms with Gasteiger partial charge in [0.15, 0.2) is 0 Å². The largest absolute Gasteiger partial charge is 0.431 e. The molecule has 2 aromatic heterocycles. The fourth-order valence-corrected chi connectivity index (χ4v) is 1.80. The third-order valence-corrected chi connectivity index (χ3v) is 2.73. The molecule has 0 aliphatic rings. The number of carbonyl (C=O) groups is 1. The van der Waals surface area contributed by atoms with E-state index in [2.05, 4.69) is 10.3 Å². The van der Waals surface area contributed by atoms with Crippen molar-refractivity contribution < 1.29 is 18.0 Å². The molecular formula is C12H8ClF3N4O2. The molecule has 0 bridgehead atoms. The maximum Gasteiger partial charge on any atom is 0.431 e. The lowest BCUT2D eigenvalue weighted by molar-refractivity contribution is -0.141. The molecule has 0 radical (unpaired) electrons. The molecule has 2 heterocycles. The summed E-state index contributed by atoms with van der Waals surface area (Å²) in [6.07, 6.45) is -4.69. The highest BCUT2D eigenvalue weighted by molar-refractivity contribution is 6.30. The number of hydrogen-bond acceptors (Lipinski definition) is 4. The van der Waals surface area contributed by atoms with E-state index in [1.807, 2.05) is 0 Å². The van der Waals surface area contributed by atoms with Gasteiger partial charge in [-0.1, -0.05) is 11.6 Å². The normalized spacial score (nSPS) is 11.3. The smallest absolute Gasteiger partial charge is 0.384 e. The summed E-state index contributed by atoms with van der Waals surface area (Å²) in [7, 11) is 0. The van der Waals surface area contributed by atoms with Gasteiger partial charge in [0.05, 0.1) is 0 Å². The topological polar surface area (TPSA) is 101 Å². The molecule has 0 atom stereocenters. The lowest BCUT2D eigenvalue weighted by Gasteiger charge is -2.08. The Kier molecular flexibility index (Phi) is 4.09. The first kappa shape index (κ1) is 15.8. The van der Waals surface area contributed by atoms with Crippen molar-refractivity contribution in [3.05, 3.63) is 51.0 Å². The van der Waals surface area contributed by atoms with Gasteiger partial charge in [-0.05, 0) is 24.3 Å². The number of aromatic nitrogens is 2. The Bertz CT molecular complexity index is 768. The zero-order chi connectivity index (χ0) is 16.5. The van der Waals surface area contributed by atoms with E-state index in [4.69, 9.17) is 17.3 Å². The highest BCUT2D eigenvalue weighted by Gasteiger charge is 2.32. The molecule has 1 amide bonds. The van der Waals surface area contributed by atoms with E-state index in [1.165, 1.54) is 12.1 Å². The van der Waals surface area contributed by atoms with Crippen LogP contribution < -0.4 is 16.6 Å². The van der Waals surface area contributed by atoms with Crippen LogP contribution in [0.15, 0.2) is 29.1 Å². The molecule has 4 N–H and O–H groups in total.